The Hall–Kier alpha value is -2.77. The van der Waals surface area contributed by atoms with Crippen LogP contribution in [0.3, 0.4) is 0 Å². The van der Waals surface area contributed by atoms with Crippen LogP contribution < -0.4 is 16.4 Å². The topological polar surface area (TPSA) is 100 Å². The van der Waals surface area contributed by atoms with E-state index in [1.165, 1.54) is 17.6 Å². The van der Waals surface area contributed by atoms with Crippen LogP contribution in [0.15, 0.2) is 54.9 Å². The van der Waals surface area contributed by atoms with Gasteiger partial charge in [-0.2, -0.15) is 0 Å². The lowest BCUT2D eigenvalue weighted by Crippen LogP contribution is -2.27. The number of carbonyl (C=O) groups excluding carboxylic acids is 1. The number of rotatable bonds is 7. The first-order valence-corrected chi connectivity index (χ1v) is 8.81. The number of thiophene rings is 1. The largest absolute Gasteiger partial charge is 0.463 e. The molecule has 2 aromatic rings. The molecule has 1 amide bonds. The molecule has 0 spiro atoms. The maximum absolute atomic E-state index is 11.9. The van der Waals surface area contributed by atoms with Gasteiger partial charge in [0.25, 0.3) is 5.91 Å². The standard InChI is InChI=1S/C18H19ClN4O2S/c1-11(12-3-5-13(6-4-12)17(21)22-2)25-10-14(20)9-23-18(24)15-7-8-16(19)26-15/h3-8,10H,1,9,20H2,2H3,(H2,21,22)(H,23,24)/b14-10-. The molecule has 0 bridgehead atoms. The minimum absolute atomic E-state index is 0.139. The van der Waals surface area contributed by atoms with Gasteiger partial charge in [-0.3, -0.25) is 10.2 Å². The van der Waals surface area contributed by atoms with Crippen molar-refractivity contribution in [2.75, 3.05) is 13.6 Å². The summed E-state index contributed by atoms with van der Waals surface area (Å²) in [5.74, 6) is 0.487. The third kappa shape index (κ3) is 5.37. The summed E-state index contributed by atoms with van der Waals surface area (Å²) in [4.78, 5) is 12.4. The Balaban J connectivity index is 1.86. The van der Waals surface area contributed by atoms with Gasteiger partial charge in [0.2, 0.25) is 0 Å². The lowest BCUT2D eigenvalue weighted by molar-refractivity contribution is 0.0960. The lowest BCUT2D eigenvalue weighted by Gasteiger charge is -2.09. The summed E-state index contributed by atoms with van der Waals surface area (Å²) < 4.78 is 5.99. The second-order valence-corrected chi connectivity index (χ2v) is 6.94. The number of amidine groups is 1. The Bertz CT molecular complexity index is 843. The fraction of sp³-hybridized carbons (Fsp3) is 0.111. The zero-order chi connectivity index (χ0) is 19.1. The van der Waals surface area contributed by atoms with Gasteiger partial charge in [-0.25, -0.2) is 0 Å². The Morgan fingerprint density at radius 3 is 2.54 bits per heavy atom. The monoisotopic (exact) mass is 390 g/mol. The highest BCUT2D eigenvalue weighted by molar-refractivity contribution is 7.17. The third-order valence-electron chi connectivity index (χ3n) is 3.35. The van der Waals surface area contributed by atoms with Crippen LogP contribution in [0, 0.1) is 5.41 Å². The average Bonchev–Trinajstić information content (AvgIpc) is 3.10. The van der Waals surface area contributed by atoms with E-state index in [1.54, 1.807) is 43.4 Å². The third-order valence-corrected chi connectivity index (χ3v) is 4.58. The van der Waals surface area contributed by atoms with Crippen LogP contribution >= 0.6 is 22.9 Å². The van der Waals surface area contributed by atoms with Crippen molar-refractivity contribution in [1.82, 2.24) is 10.6 Å². The van der Waals surface area contributed by atoms with Crippen LogP contribution in [0.4, 0.5) is 0 Å². The summed E-state index contributed by atoms with van der Waals surface area (Å²) in [5.41, 5.74) is 7.70. The second kappa shape index (κ2) is 9.07. The maximum Gasteiger partial charge on any atom is 0.261 e. The number of benzene rings is 1. The van der Waals surface area contributed by atoms with Gasteiger partial charge in [-0.1, -0.05) is 42.4 Å². The van der Waals surface area contributed by atoms with Gasteiger partial charge in [0.15, 0.2) is 0 Å². The number of amides is 1. The van der Waals surface area contributed by atoms with E-state index < -0.39 is 0 Å². The molecule has 26 heavy (non-hydrogen) atoms. The molecule has 0 aliphatic heterocycles. The van der Waals surface area contributed by atoms with Crippen molar-refractivity contribution >= 4 is 40.4 Å². The molecule has 5 N–H and O–H groups in total. The van der Waals surface area contributed by atoms with Crippen LogP contribution in [0.1, 0.15) is 20.8 Å². The predicted molar refractivity (Wildman–Crippen MR) is 106 cm³/mol. The van der Waals surface area contributed by atoms with Crippen molar-refractivity contribution in [3.63, 3.8) is 0 Å². The molecule has 1 aromatic heterocycles. The first-order valence-electron chi connectivity index (χ1n) is 7.61. The molecule has 0 saturated heterocycles. The Morgan fingerprint density at radius 1 is 1.31 bits per heavy atom. The van der Waals surface area contributed by atoms with Gasteiger partial charge < -0.3 is 21.1 Å². The Labute approximate surface area is 160 Å². The molecule has 0 radical (unpaired) electrons. The van der Waals surface area contributed by atoms with E-state index in [-0.39, 0.29) is 12.5 Å². The highest BCUT2D eigenvalue weighted by Gasteiger charge is 2.08. The van der Waals surface area contributed by atoms with Crippen LogP contribution in [0.25, 0.3) is 5.76 Å². The van der Waals surface area contributed by atoms with Crippen molar-refractivity contribution < 1.29 is 9.53 Å². The zero-order valence-corrected chi connectivity index (χ0v) is 15.7. The van der Waals surface area contributed by atoms with Gasteiger partial charge in [0, 0.05) is 18.2 Å². The summed E-state index contributed by atoms with van der Waals surface area (Å²) in [6.07, 6.45) is 1.34. The van der Waals surface area contributed by atoms with Gasteiger partial charge in [-0.05, 0) is 12.1 Å². The minimum Gasteiger partial charge on any atom is -0.463 e. The van der Waals surface area contributed by atoms with Gasteiger partial charge in [0.1, 0.15) is 17.9 Å². The molecule has 0 atom stereocenters. The highest BCUT2D eigenvalue weighted by atomic mass is 35.5. The maximum atomic E-state index is 11.9. The van der Waals surface area contributed by atoms with Crippen LogP contribution in [-0.2, 0) is 4.74 Å². The molecule has 0 fully saturated rings. The van der Waals surface area contributed by atoms with E-state index in [0.29, 0.717) is 26.5 Å². The molecule has 0 aliphatic rings. The zero-order valence-electron chi connectivity index (χ0n) is 14.1. The van der Waals surface area contributed by atoms with Crippen molar-refractivity contribution in [3.8, 4) is 0 Å². The molecule has 136 valence electrons. The SMILES string of the molecule is C=C(O/C=C(\N)CNC(=O)c1ccc(Cl)s1)c1ccc(C(=N)NC)cc1. The van der Waals surface area contributed by atoms with Gasteiger partial charge >= 0.3 is 0 Å². The molecule has 0 saturated carbocycles. The van der Waals surface area contributed by atoms with Crippen LogP contribution in [0.5, 0.6) is 0 Å². The quantitative estimate of drug-likeness (QED) is 0.331. The lowest BCUT2D eigenvalue weighted by atomic mass is 10.1. The van der Waals surface area contributed by atoms with E-state index in [9.17, 15) is 4.79 Å². The highest BCUT2D eigenvalue weighted by Crippen LogP contribution is 2.21. The first kappa shape index (κ1) is 19.6. The number of nitrogens with two attached hydrogens (primary N) is 1. The van der Waals surface area contributed by atoms with Crippen LogP contribution in [-0.4, -0.2) is 25.3 Å². The number of ether oxygens (including phenoxy) is 1. The smallest absolute Gasteiger partial charge is 0.261 e. The van der Waals surface area contributed by atoms with E-state index in [4.69, 9.17) is 27.5 Å². The summed E-state index contributed by atoms with van der Waals surface area (Å²) in [6, 6.07) is 10.5. The summed E-state index contributed by atoms with van der Waals surface area (Å²) in [6.45, 7) is 3.98. The molecular formula is C18H19ClN4O2S. The van der Waals surface area contributed by atoms with E-state index in [1.807, 2.05) is 0 Å². The summed E-state index contributed by atoms with van der Waals surface area (Å²) in [5, 5.41) is 13.2. The molecular weight excluding hydrogens is 372 g/mol. The van der Waals surface area contributed by atoms with E-state index in [2.05, 4.69) is 17.2 Å². The fourth-order valence-corrected chi connectivity index (χ4v) is 2.89. The normalized spacial score (nSPS) is 10.9. The molecule has 8 heteroatoms. The predicted octanol–water partition coefficient (Wildman–Crippen LogP) is 3.16. The minimum atomic E-state index is -0.250. The number of hydrogen-bond acceptors (Lipinski definition) is 5. The summed E-state index contributed by atoms with van der Waals surface area (Å²) in [7, 11) is 1.69. The molecule has 2 rings (SSSR count). The van der Waals surface area contributed by atoms with Crippen molar-refractivity contribution in [1.29, 1.82) is 5.41 Å². The summed E-state index contributed by atoms with van der Waals surface area (Å²) >= 11 is 7.00. The number of nitrogens with one attached hydrogen (secondary N) is 3. The fourth-order valence-electron chi connectivity index (χ4n) is 1.93. The second-order valence-electron chi connectivity index (χ2n) is 5.22. The van der Waals surface area contributed by atoms with Gasteiger partial charge in [0.05, 0.1) is 21.5 Å². The molecule has 0 unspecified atom stereocenters. The molecule has 1 heterocycles. The average molecular weight is 391 g/mol. The van der Waals surface area contributed by atoms with Crippen molar-refractivity contribution in [3.05, 3.63) is 75.3 Å². The number of halogens is 1. The Morgan fingerprint density at radius 2 is 1.96 bits per heavy atom. The van der Waals surface area contributed by atoms with Crippen molar-refractivity contribution in [2.24, 2.45) is 5.73 Å². The molecule has 6 nitrogen and oxygen atoms in total. The van der Waals surface area contributed by atoms with E-state index >= 15 is 0 Å². The molecule has 0 aliphatic carbocycles. The molecule has 1 aromatic carbocycles. The number of hydrogen-bond donors (Lipinski definition) is 4. The first-order chi connectivity index (χ1) is 12.4. The van der Waals surface area contributed by atoms with E-state index in [0.717, 1.165) is 11.1 Å². The van der Waals surface area contributed by atoms with Crippen LogP contribution in [0.2, 0.25) is 4.34 Å². The Kier molecular flexibility index (Phi) is 6.82. The number of carbonyl (C=O) groups is 1. The van der Waals surface area contributed by atoms with Crippen molar-refractivity contribution in [2.45, 2.75) is 0 Å². The van der Waals surface area contributed by atoms with Gasteiger partial charge in [-0.15, -0.1) is 11.3 Å².